The van der Waals surface area contributed by atoms with Gasteiger partial charge >= 0.3 is 0 Å². The van der Waals surface area contributed by atoms with Gasteiger partial charge in [-0.25, -0.2) is 4.98 Å². The summed E-state index contributed by atoms with van der Waals surface area (Å²) in [4.78, 5) is 32.3. The van der Waals surface area contributed by atoms with Crippen LogP contribution in [0, 0.1) is 11.8 Å². The van der Waals surface area contributed by atoms with Crippen molar-refractivity contribution in [1.29, 1.82) is 0 Å². The van der Waals surface area contributed by atoms with E-state index in [9.17, 15) is 9.59 Å². The fourth-order valence-electron chi connectivity index (χ4n) is 5.91. The predicted molar refractivity (Wildman–Crippen MR) is 127 cm³/mol. The fourth-order valence-corrected chi connectivity index (χ4v) is 5.91. The third-order valence-electron chi connectivity index (χ3n) is 7.77. The third kappa shape index (κ3) is 3.08. The zero-order valence-electron chi connectivity index (χ0n) is 19.5. The number of aromatic nitrogens is 5. The summed E-state index contributed by atoms with van der Waals surface area (Å²) >= 11 is 0. The highest BCUT2D eigenvalue weighted by Crippen LogP contribution is 2.62. The molecule has 4 heterocycles. The number of hydrogen-bond donors (Lipinski definition) is 1. The molecule has 0 spiro atoms. The number of ether oxygens (including phenoxy) is 1. The van der Waals surface area contributed by atoms with Gasteiger partial charge in [0.05, 0.1) is 25.3 Å². The van der Waals surface area contributed by atoms with Gasteiger partial charge in [-0.15, -0.1) is 5.10 Å². The van der Waals surface area contributed by atoms with Gasteiger partial charge in [-0.3, -0.25) is 14.3 Å². The Morgan fingerprint density at radius 2 is 2.12 bits per heavy atom. The summed E-state index contributed by atoms with van der Waals surface area (Å²) < 4.78 is 11.0. The SMILES string of the molecule is C=CC(=O)N1CCC(Cn2cc(Nc3cn(C)nc3OC)c3ncn(C45CC(C4)C5)c3c2=O)C1. The molecular formula is C24H29N7O3. The number of anilines is 2. The van der Waals surface area contributed by atoms with Gasteiger partial charge < -0.3 is 24.1 Å². The molecule has 10 heteroatoms. The fraction of sp³-hybridized carbons (Fsp3) is 0.500. The molecule has 3 aromatic rings. The molecule has 2 bridgehead atoms. The van der Waals surface area contributed by atoms with Crippen molar-refractivity contribution in [2.24, 2.45) is 18.9 Å². The van der Waals surface area contributed by atoms with Crippen LogP contribution >= 0.6 is 0 Å². The molecule has 1 aliphatic heterocycles. The maximum atomic E-state index is 13.7. The third-order valence-corrected chi connectivity index (χ3v) is 7.77. The van der Waals surface area contributed by atoms with Gasteiger partial charge in [0, 0.05) is 38.4 Å². The Morgan fingerprint density at radius 3 is 2.79 bits per heavy atom. The minimum absolute atomic E-state index is 0.0329. The second kappa shape index (κ2) is 7.48. The molecule has 3 saturated carbocycles. The van der Waals surface area contributed by atoms with E-state index in [0.717, 1.165) is 37.3 Å². The van der Waals surface area contributed by atoms with Crippen molar-refractivity contribution in [2.45, 2.75) is 37.8 Å². The number of nitrogens with zero attached hydrogens (tertiary/aromatic N) is 6. The van der Waals surface area contributed by atoms with Crippen molar-refractivity contribution in [3.8, 4) is 5.88 Å². The number of nitrogens with one attached hydrogen (secondary N) is 1. The van der Waals surface area contributed by atoms with Crippen LogP contribution in [0.3, 0.4) is 0 Å². The molecule has 3 aliphatic carbocycles. The van der Waals surface area contributed by atoms with Crippen molar-refractivity contribution < 1.29 is 9.53 Å². The largest absolute Gasteiger partial charge is 0.478 e. The molecule has 178 valence electrons. The molecule has 1 saturated heterocycles. The molecule has 7 rings (SSSR count). The normalized spacial score (nSPS) is 25.2. The summed E-state index contributed by atoms with van der Waals surface area (Å²) in [7, 11) is 3.41. The predicted octanol–water partition coefficient (Wildman–Crippen LogP) is 2.23. The quantitative estimate of drug-likeness (QED) is 0.540. The number of fused-ring (bicyclic) bond motifs is 1. The van der Waals surface area contributed by atoms with E-state index < -0.39 is 0 Å². The highest BCUT2D eigenvalue weighted by Gasteiger charge is 2.58. The summed E-state index contributed by atoms with van der Waals surface area (Å²) in [5, 5.41) is 7.73. The summed E-state index contributed by atoms with van der Waals surface area (Å²) in [6.07, 6.45) is 11.1. The van der Waals surface area contributed by atoms with Crippen LogP contribution in [0.2, 0.25) is 0 Å². The average Bonchev–Trinajstić information content (AvgIpc) is 3.48. The van der Waals surface area contributed by atoms with E-state index in [1.165, 1.54) is 6.08 Å². The van der Waals surface area contributed by atoms with Crippen LogP contribution in [0.25, 0.3) is 11.0 Å². The van der Waals surface area contributed by atoms with E-state index >= 15 is 0 Å². The van der Waals surface area contributed by atoms with Crippen LogP contribution in [0.4, 0.5) is 11.4 Å². The summed E-state index contributed by atoms with van der Waals surface area (Å²) in [5.74, 6) is 1.40. The number of methoxy groups -OCH3 is 1. The maximum Gasteiger partial charge on any atom is 0.276 e. The van der Waals surface area contributed by atoms with Crippen LogP contribution < -0.4 is 15.6 Å². The Morgan fingerprint density at radius 1 is 1.32 bits per heavy atom. The molecular weight excluding hydrogens is 434 g/mol. The molecule has 1 unspecified atom stereocenters. The van der Waals surface area contributed by atoms with E-state index in [0.29, 0.717) is 42.2 Å². The Bertz CT molecular complexity index is 1350. The van der Waals surface area contributed by atoms with E-state index in [-0.39, 0.29) is 22.9 Å². The van der Waals surface area contributed by atoms with Crippen molar-refractivity contribution in [1.82, 2.24) is 28.8 Å². The summed E-state index contributed by atoms with van der Waals surface area (Å²) in [5.41, 5.74) is 2.76. The van der Waals surface area contributed by atoms with Gasteiger partial charge in [0.25, 0.3) is 11.4 Å². The summed E-state index contributed by atoms with van der Waals surface area (Å²) in [6, 6.07) is 0. The van der Waals surface area contributed by atoms with Gasteiger partial charge in [-0.2, -0.15) is 0 Å². The van der Waals surface area contributed by atoms with Crippen LogP contribution in [-0.4, -0.2) is 54.9 Å². The smallest absolute Gasteiger partial charge is 0.276 e. The lowest BCUT2D eigenvalue weighted by molar-refractivity contribution is -0.125. The molecule has 0 aromatic carbocycles. The average molecular weight is 464 g/mol. The molecule has 1 amide bonds. The highest BCUT2D eigenvalue weighted by atomic mass is 16.5. The van der Waals surface area contributed by atoms with Crippen LogP contribution in [-0.2, 0) is 23.9 Å². The number of pyridine rings is 1. The second-order valence-electron chi connectivity index (χ2n) is 10.0. The van der Waals surface area contributed by atoms with Crippen LogP contribution in [0.1, 0.15) is 25.7 Å². The van der Waals surface area contributed by atoms with Crippen molar-refractivity contribution in [3.63, 3.8) is 0 Å². The Hall–Kier alpha value is -3.56. The number of carbonyl (C=O) groups is 1. The van der Waals surface area contributed by atoms with Crippen LogP contribution in [0.15, 0.2) is 36.2 Å². The monoisotopic (exact) mass is 463 g/mol. The zero-order valence-corrected chi connectivity index (χ0v) is 19.5. The van der Waals surface area contributed by atoms with Crippen LogP contribution in [0.5, 0.6) is 5.88 Å². The molecule has 4 fully saturated rings. The number of hydrogen-bond acceptors (Lipinski definition) is 6. The molecule has 10 nitrogen and oxygen atoms in total. The van der Waals surface area contributed by atoms with Gasteiger partial charge in [-0.05, 0) is 43.6 Å². The molecule has 4 aliphatic rings. The Kier molecular flexibility index (Phi) is 4.62. The first-order valence-corrected chi connectivity index (χ1v) is 11.8. The van der Waals surface area contributed by atoms with E-state index in [1.54, 1.807) is 21.3 Å². The van der Waals surface area contributed by atoms with Gasteiger partial charge in [0.2, 0.25) is 5.91 Å². The number of amides is 1. The van der Waals surface area contributed by atoms with E-state index in [2.05, 4.69) is 26.5 Å². The minimum Gasteiger partial charge on any atom is -0.478 e. The van der Waals surface area contributed by atoms with Gasteiger partial charge in [0.15, 0.2) is 0 Å². The van der Waals surface area contributed by atoms with E-state index in [1.807, 2.05) is 25.8 Å². The molecule has 3 aromatic heterocycles. The van der Waals surface area contributed by atoms with Crippen molar-refractivity contribution in [2.75, 3.05) is 25.5 Å². The topological polar surface area (TPSA) is 99.2 Å². The minimum atomic E-state index is -0.0574. The lowest BCUT2D eigenvalue weighted by Crippen LogP contribution is -2.59. The number of carbonyl (C=O) groups excluding carboxylic acids is 1. The lowest BCUT2D eigenvalue weighted by atomic mass is 9.49. The Balaban J connectivity index is 1.41. The first kappa shape index (κ1) is 21.0. The molecule has 1 atom stereocenters. The standard InChI is InChI=1S/C24H29N7O3/c1-4-19(32)29-6-5-15(10-29)11-30-13-17(26-18-12-28(2)27-22(18)34-3)20-21(23(30)33)31(14-25-20)24-7-16(8-24)9-24/h4,12-16,26H,1,5-11H2,2-3H3. The first-order chi connectivity index (χ1) is 16.4. The molecule has 34 heavy (non-hydrogen) atoms. The van der Waals surface area contributed by atoms with Gasteiger partial charge in [0.1, 0.15) is 16.7 Å². The molecule has 0 radical (unpaired) electrons. The highest BCUT2D eigenvalue weighted by molar-refractivity contribution is 5.90. The Labute approximate surface area is 196 Å². The summed E-state index contributed by atoms with van der Waals surface area (Å²) in [6.45, 7) is 5.44. The number of imidazole rings is 1. The number of rotatable bonds is 7. The van der Waals surface area contributed by atoms with E-state index in [4.69, 9.17) is 4.74 Å². The maximum absolute atomic E-state index is 13.7. The van der Waals surface area contributed by atoms with Gasteiger partial charge in [-0.1, -0.05) is 6.58 Å². The number of likely N-dealkylation sites (tertiary alicyclic amines) is 1. The molecule has 1 N–H and O–H groups in total. The zero-order chi connectivity index (χ0) is 23.6. The van der Waals surface area contributed by atoms with Crippen molar-refractivity contribution in [3.05, 3.63) is 41.7 Å². The second-order valence-corrected chi connectivity index (χ2v) is 10.0. The van der Waals surface area contributed by atoms with Crippen molar-refractivity contribution >= 4 is 28.3 Å². The first-order valence-electron chi connectivity index (χ1n) is 11.8. The lowest BCUT2D eigenvalue weighted by Gasteiger charge is -2.62. The number of aryl methyl sites for hydroxylation is 1.